The first kappa shape index (κ1) is 113. The summed E-state index contributed by atoms with van der Waals surface area (Å²) in [6.07, 6.45) is 16.7. The van der Waals surface area contributed by atoms with E-state index in [1.165, 1.54) is 75.8 Å². The average Bonchev–Trinajstić information content (AvgIpc) is 1.61. The van der Waals surface area contributed by atoms with Crippen molar-refractivity contribution in [2.24, 2.45) is 0 Å². The summed E-state index contributed by atoms with van der Waals surface area (Å²) in [7, 11) is 0. The van der Waals surface area contributed by atoms with Crippen molar-refractivity contribution in [2.45, 2.75) is 34.6 Å². The summed E-state index contributed by atoms with van der Waals surface area (Å²) >= 11 is 1.81. The van der Waals surface area contributed by atoms with Crippen molar-refractivity contribution in [2.75, 3.05) is 0 Å². The second kappa shape index (κ2) is 59.6. The number of aryl methyl sites for hydroxylation is 5. The van der Waals surface area contributed by atoms with Crippen LogP contribution in [0.4, 0.5) is 0 Å². The molecule has 14 aromatic carbocycles. The van der Waals surface area contributed by atoms with Gasteiger partial charge >= 0.3 is 0 Å². The molecule has 0 saturated carbocycles. The maximum atomic E-state index is 6.00. The molecule has 745 valence electrons. The number of hydrogen-bond donors (Lipinski definition) is 0. The van der Waals surface area contributed by atoms with Crippen LogP contribution in [0.3, 0.4) is 0 Å². The van der Waals surface area contributed by atoms with Gasteiger partial charge in [-0.25, -0.2) is 0 Å². The van der Waals surface area contributed by atoms with Crippen molar-refractivity contribution in [1.29, 1.82) is 0 Å². The minimum absolute atomic E-state index is 0. The molecule has 0 aliphatic rings. The quantitative estimate of drug-likeness (QED) is 0.109. The van der Waals surface area contributed by atoms with E-state index in [9.17, 15) is 0 Å². The van der Waals surface area contributed by atoms with Crippen LogP contribution < -0.4 is 0 Å². The number of nitrogens with zero attached hydrogens (tertiary/aromatic N) is 9. The minimum atomic E-state index is 0. The van der Waals surface area contributed by atoms with E-state index in [4.69, 9.17) is 4.42 Å². The van der Waals surface area contributed by atoms with Crippen LogP contribution in [0.1, 0.15) is 27.8 Å². The van der Waals surface area contributed by atoms with E-state index < -0.39 is 0 Å². The second-order valence-electron chi connectivity index (χ2n) is 33.5. The Labute approximate surface area is 950 Å². The Kier molecular flexibility index (Phi) is 45.1. The van der Waals surface area contributed by atoms with Crippen LogP contribution in [-0.2, 0) is 101 Å². The largest absolute Gasteiger partial charge is 0.501 e. The molecule has 0 unspecified atom stereocenters. The third-order valence-electron chi connectivity index (χ3n) is 23.1. The predicted molar refractivity (Wildman–Crippen MR) is 597 cm³/mol. The average molecular weight is 2840 g/mol. The molecule has 0 atom stereocenters. The molecule has 0 amide bonds. The van der Waals surface area contributed by atoms with E-state index in [0.29, 0.717) is 0 Å². The van der Waals surface area contributed by atoms with Gasteiger partial charge in [-0.1, -0.05) is 234 Å². The van der Waals surface area contributed by atoms with Crippen LogP contribution in [0.15, 0.2) is 509 Å². The number of hydrogen-bond acceptors (Lipinski definition) is 11. The molecule has 16 heteroatoms. The zero-order valence-corrected chi connectivity index (χ0v) is 95.2. The normalized spacial score (nSPS) is 10.0. The standard InChI is InChI=1S/C18H12NO.2C18H14N.C17H10NS.C17H12N.2C12H10N.2C11H8N.5Ir/c1-12-9-10-16(19-11-12)15-7-4-6-14-13-5-2-3-8-17(13)20-18(14)15;2*1-14-12-18(16-10-6-3-7-11-16)19-13-17(14)15-8-4-2-5-9-15;1-2-7-16-13(5-1)14-11-12(8-9-17(14)19-16)15-6-3-4-10-18-15;1-3-7-14(8-4-1)16-11-12-18-17(13-16)15-9-5-2-6-10-15;1-10-7-8-13-12(9-10)11-5-3-2-4-6-11;1-10-7-8-12(13-9-10)11-5-3-2-4-6-11;2*1-2-6-10(7-3-1)11-8-4-5-9-12-11;;;;;/h2-6,8-11H,1H3;2*2-10,12-13H,1H3;1-7,9-11H;1-9,11-13H;2*2-5,7-9H,1H3;2*1-6,8-9H;;;;;/q9*-1;;;;;. The van der Waals surface area contributed by atoms with Gasteiger partial charge in [-0.2, -0.15) is 11.3 Å². The molecule has 0 fully saturated rings. The number of benzene rings is 14. The molecule has 0 saturated heterocycles. The van der Waals surface area contributed by atoms with Crippen molar-refractivity contribution in [3.63, 3.8) is 0 Å². The SMILES string of the molecule is Cc1cc(-c2[c-]cccc2)ncc1-c1ccccc1.Cc1cc(-c2[c-]cccc2)ncc1-c1ccccc1.Cc1ccc(-c2[c-]ccc3c2oc2ccccc23)nc1.Cc1ccc(-c2[c-]cccc2)nc1.Cc1ccnc(-c2[c-]cccc2)c1.[Ir].[Ir].[Ir].[Ir].[Ir].[c-]1cc2sc3ccccc3c2cc1-c1ccccn1.[c-]1ccccc1-c1cc(-c2ccccc2)ccn1.[c-]1ccccc1-c1ccccn1.[c-]1ccccc1-c1ccccn1. The van der Waals surface area contributed by atoms with E-state index in [2.05, 4.69) is 235 Å². The fourth-order valence-electron chi connectivity index (χ4n) is 15.7. The number of fused-ring (bicyclic) bond motifs is 6. The van der Waals surface area contributed by atoms with Gasteiger partial charge in [0.2, 0.25) is 0 Å². The number of rotatable bonds is 12. The third-order valence-corrected chi connectivity index (χ3v) is 24.2. The summed E-state index contributed by atoms with van der Waals surface area (Å²) < 4.78 is 8.60. The Morgan fingerprint density at radius 2 is 0.567 bits per heavy atom. The summed E-state index contributed by atoms with van der Waals surface area (Å²) in [4.78, 5) is 39.4. The van der Waals surface area contributed by atoms with E-state index in [1.807, 2.05) is 402 Å². The van der Waals surface area contributed by atoms with Gasteiger partial charge in [-0.15, -0.1) is 293 Å². The second-order valence-corrected chi connectivity index (χ2v) is 34.5. The molecule has 0 bridgehead atoms. The maximum Gasteiger partial charge on any atom is 0.120 e. The van der Waals surface area contributed by atoms with E-state index >= 15 is 0 Å². The predicted octanol–water partition coefficient (Wildman–Crippen LogP) is 33.7. The number of pyridine rings is 9. The molecule has 11 aromatic heterocycles. The van der Waals surface area contributed by atoms with Crippen molar-refractivity contribution in [3.05, 3.63) is 587 Å². The summed E-state index contributed by atoms with van der Waals surface area (Å²) in [6, 6.07) is 178. The molecular formula is C134H98Ir5N9OS-9. The fourth-order valence-corrected chi connectivity index (χ4v) is 16.8. The Balaban J connectivity index is 0.000000150. The van der Waals surface area contributed by atoms with Crippen LogP contribution in [0.25, 0.3) is 177 Å². The van der Waals surface area contributed by atoms with Gasteiger partial charge in [-0.3, -0.25) is 0 Å². The summed E-state index contributed by atoms with van der Waals surface area (Å²) in [5.41, 5.74) is 32.8. The summed E-state index contributed by atoms with van der Waals surface area (Å²) in [6.45, 7) is 10.4. The number of para-hydroxylation sites is 1. The molecule has 0 aliphatic carbocycles. The smallest absolute Gasteiger partial charge is 0.120 e. The third kappa shape index (κ3) is 32.1. The van der Waals surface area contributed by atoms with Crippen LogP contribution in [0, 0.1) is 89.2 Å². The Morgan fingerprint density at radius 1 is 0.207 bits per heavy atom. The van der Waals surface area contributed by atoms with Crippen molar-refractivity contribution < 1.29 is 105 Å². The van der Waals surface area contributed by atoms with E-state index in [-0.39, 0.29) is 101 Å². The number of thiophene rings is 1. The van der Waals surface area contributed by atoms with E-state index in [1.54, 1.807) is 12.4 Å². The Morgan fingerprint density at radius 3 is 0.980 bits per heavy atom. The van der Waals surface area contributed by atoms with Crippen molar-refractivity contribution in [1.82, 2.24) is 44.9 Å². The molecular weight excluding hydrogens is 2740 g/mol. The van der Waals surface area contributed by atoms with E-state index in [0.717, 1.165) is 129 Å². The molecule has 25 aromatic rings. The molecule has 10 nitrogen and oxygen atoms in total. The molecule has 0 N–H and O–H groups in total. The Bertz CT molecular complexity index is 7960. The molecule has 25 rings (SSSR count). The first-order valence-electron chi connectivity index (χ1n) is 47.5. The van der Waals surface area contributed by atoms with Gasteiger partial charge in [0.05, 0.1) is 5.58 Å². The number of aromatic nitrogens is 9. The zero-order valence-electron chi connectivity index (χ0n) is 82.4. The molecule has 0 aliphatic heterocycles. The van der Waals surface area contributed by atoms with Crippen LogP contribution >= 0.6 is 11.3 Å². The van der Waals surface area contributed by atoms with Gasteiger partial charge in [0, 0.05) is 178 Å². The van der Waals surface area contributed by atoms with Crippen LogP contribution in [-0.4, -0.2) is 44.9 Å². The van der Waals surface area contributed by atoms with Crippen LogP contribution in [0.2, 0.25) is 0 Å². The Hall–Kier alpha value is -15.3. The van der Waals surface area contributed by atoms with Gasteiger partial charge in [0.1, 0.15) is 5.58 Å². The summed E-state index contributed by atoms with van der Waals surface area (Å²) in [5, 5.41) is 4.84. The van der Waals surface area contributed by atoms with Crippen LogP contribution in [0.5, 0.6) is 0 Å². The first-order chi connectivity index (χ1) is 71.5. The topological polar surface area (TPSA) is 129 Å². The molecule has 11 heterocycles. The van der Waals surface area contributed by atoms with Crippen molar-refractivity contribution >= 4 is 53.4 Å². The maximum absolute atomic E-state index is 6.00. The van der Waals surface area contributed by atoms with Gasteiger partial charge in [0.15, 0.2) is 0 Å². The molecule has 150 heavy (non-hydrogen) atoms. The molecule has 0 spiro atoms. The van der Waals surface area contributed by atoms with Gasteiger partial charge in [-0.05, 0) is 183 Å². The number of furan rings is 1. The van der Waals surface area contributed by atoms with Crippen molar-refractivity contribution in [3.8, 4) is 135 Å². The minimum Gasteiger partial charge on any atom is -0.501 e. The van der Waals surface area contributed by atoms with Gasteiger partial charge < -0.3 is 49.3 Å². The fraction of sp³-hybridized carbons (Fsp3) is 0.0373. The first-order valence-corrected chi connectivity index (χ1v) is 48.4. The monoisotopic (exact) mass is 2850 g/mol. The van der Waals surface area contributed by atoms with Gasteiger partial charge in [0.25, 0.3) is 0 Å². The zero-order chi connectivity index (χ0) is 99.2. The molecule has 5 radical (unpaired) electrons. The summed E-state index contributed by atoms with van der Waals surface area (Å²) in [5.74, 6) is 0.